The van der Waals surface area contributed by atoms with E-state index in [1.165, 1.54) is 25.1 Å². The van der Waals surface area contributed by atoms with Crippen LogP contribution in [0.3, 0.4) is 0 Å². The Balaban J connectivity index is 1.83. The molecular weight excluding hydrogens is 485 g/mol. The van der Waals surface area contributed by atoms with Crippen LogP contribution in [0.5, 0.6) is 0 Å². The second kappa shape index (κ2) is 10.9. The summed E-state index contributed by atoms with van der Waals surface area (Å²) in [6.45, 7) is -1.62. The minimum Gasteiger partial charge on any atom is -0.481 e. The van der Waals surface area contributed by atoms with Gasteiger partial charge in [0.1, 0.15) is 11.5 Å². The van der Waals surface area contributed by atoms with Crippen molar-refractivity contribution in [3.05, 3.63) is 76.8 Å². The lowest BCUT2D eigenvalue weighted by Crippen LogP contribution is -2.45. The van der Waals surface area contributed by atoms with Crippen LogP contribution in [0, 0.1) is 11.2 Å². The van der Waals surface area contributed by atoms with Crippen LogP contribution in [0.25, 0.3) is 11.1 Å². The van der Waals surface area contributed by atoms with E-state index in [1.54, 1.807) is 24.3 Å². The number of benzene rings is 2. The molecule has 1 unspecified atom stereocenters. The second-order valence-electron chi connectivity index (χ2n) is 8.43. The number of aliphatic carboxylic acids is 1. The molecule has 2 atom stereocenters. The third-order valence-corrected chi connectivity index (χ3v) is 5.95. The Kier molecular flexibility index (Phi) is 8.18. The van der Waals surface area contributed by atoms with E-state index < -0.39 is 35.7 Å². The summed E-state index contributed by atoms with van der Waals surface area (Å²) in [7, 11) is 0. The van der Waals surface area contributed by atoms with Gasteiger partial charge in [-0.05, 0) is 55.2 Å². The monoisotopic (exact) mass is 508 g/mol. The lowest BCUT2D eigenvalue weighted by molar-refractivity contribution is -0.148. The van der Waals surface area contributed by atoms with Gasteiger partial charge in [-0.2, -0.15) is 13.9 Å². The standard InChI is InChI=1S/C24H24ClF3N4O3/c1-24(13-29,22(34)35)12-17(30-21(33)20-8-9-32(31-20)23(27)28)10-14-2-4-15(5-3-14)18-11-16(25)6-7-19(18)26/h2-9,11,17,23H,10,12-13,29H2,1H3,(H,30,33)(H,34,35)/t17-,24?/m1/s1. The number of nitrogens with zero attached hydrogens (tertiary/aromatic N) is 2. The molecule has 0 aliphatic carbocycles. The van der Waals surface area contributed by atoms with E-state index in [0.29, 0.717) is 20.8 Å². The molecule has 0 bridgehead atoms. The minimum atomic E-state index is -2.90. The van der Waals surface area contributed by atoms with Gasteiger partial charge in [0.25, 0.3) is 5.91 Å². The molecular formula is C24H24ClF3N4O3. The second-order valence-corrected chi connectivity index (χ2v) is 8.86. The highest BCUT2D eigenvalue weighted by Gasteiger charge is 2.35. The molecule has 0 saturated carbocycles. The minimum absolute atomic E-state index is 0.0230. The Bertz CT molecular complexity index is 1200. The van der Waals surface area contributed by atoms with E-state index in [1.807, 2.05) is 0 Å². The number of nitrogens with one attached hydrogen (secondary N) is 1. The number of nitrogens with two attached hydrogens (primary N) is 1. The average Bonchev–Trinajstić information content (AvgIpc) is 3.32. The van der Waals surface area contributed by atoms with Gasteiger partial charge in [0.05, 0.1) is 5.41 Å². The van der Waals surface area contributed by atoms with Gasteiger partial charge in [0.15, 0.2) is 0 Å². The molecule has 0 aliphatic heterocycles. The summed E-state index contributed by atoms with van der Waals surface area (Å²) >= 11 is 5.97. The highest BCUT2D eigenvalue weighted by Crippen LogP contribution is 2.28. The summed E-state index contributed by atoms with van der Waals surface area (Å²) in [6, 6.07) is 11.5. The summed E-state index contributed by atoms with van der Waals surface area (Å²) in [5.74, 6) is -2.29. The third kappa shape index (κ3) is 6.40. The zero-order valence-corrected chi connectivity index (χ0v) is 19.5. The van der Waals surface area contributed by atoms with Gasteiger partial charge in [0.2, 0.25) is 0 Å². The number of amides is 1. The Labute approximate surface area is 204 Å². The SMILES string of the molecule is CC(CN)(C[C@@H](Cc1ccc(-c2cc(Cl)ccc2F)cc1)NC(=O)c1ccn(C(F)F)n1)C(=O)O. The predicted octanol–water partition coefficient (Wildman–Crippen LogP) is 4.52. The first-order valence-corrected chi connectivity index (χ1v) is 11.0. The number of halogens is 4. The summed E-state index contributed by atoms with van der Waals surface area (Å²) in [4.78, 5) is 24.5. The Morgan fingerprint density at radius 1 is 1.20 bits per heavy atom. The molecule has 4 N–H and O–H groups in total. The maximum atomic E-state index is 14.2. The quantitative estimate of drug-likeness (QED) is 0.373. The van der Waals surface area contributed by atoms with Crippen molar-refractivity contribution in [1.29, 1.82) is 0 Å². The number of hydrogen-bond donors (Lipinski definition) is 3. The lowest BCUT2D eigenvalue weighted by Gasteiger charge is -2.29. The molecule has 0 aliphatic rings. The molecule has 35 heavy (non-hydrogen) atoms. The lowest BCUT2D eigenvalue weighted by atomic mass is 9.82. The highest BCUT2D eigenvalue weighted by atomic mass is 35.5. The molecule has 2 aromatic carbocycles. The van der Waals surface area contributed by atoms with E-state index in [4.69, 9.17) is 17.3 Å². The molecule has 1 amide bonds. The van der Waals surface area contributed by atoms with E-state index in [0.717, 1.165) is 17.8 Å². The van der Waals surface area contributed by atoms with E-state index in [9.17, 15) is 27.9 Å². The highest BCUT2D eigenvalue weighted by molar-refractivity contribution is 6.30. The van der Waals surface area contributed by atoms with Crippen molar-refractivity contribution in [2.24, 2.45) is 11.1 Å². The van der Waals surface area contributed by atoms with Crippen LogP contribution in [0.1, 0.15) is 35.9 Å². The van der Waals surface area contributed by atoms with Crippen LogP contribution in [-0.4, -0.2) is 39.4 Å². The van der Waals surface area contributed by atoms with Crippen molar-refractivity contribution in [3.8, 4) is 11.1 Å². The fourth-order valence-corrected chi connectivity index (χ4v) is 3.80. The molecule has 1 heterocycles. The molecule has 1 aromatic heterocycles. The molecule has 3 aromatic rings. The van der Waals surface area contributed by atoms with Crippen molar-refractivity contribution in [2.75, 3.05) is 6.54 Å². The van der Waals surface area contributed by atoms with Gasteiger partial charge in [-0.15, -0.1) is 0 Å². The van der Waals surface area contributed by atoms with Crippen molar-refractivity contribution in [1.82, 2.24) is 15.1 Å². The van der Waals surface area contributed by atoms with Gasteiger partial charge < -0.3 is 16.2 Å². The van der Waals surface area contributed by atoms with Gasteiger partial charge in [-0.1, -0.05) is 35.9 Å². The van der Waals surface area contributed by atoms with E-state index in [-0.39, 0.29) is 25.1 Å². The van der Waals surface area contributed by atoms with Crippen molar-refractivity contribution in [3.63, 3.8) is 0 Å². The summed E-state index contributed by atoms with van der Waals surface area (Å²) < 4.78 is 40.2. The number of hydrogen-bond acceptors (Lipinski definition) is 4. The van der Waals surface area contributed by atoms with Gasteiger partial charge in [-0.25, -0.2) is 9.07 Å². The largest absolute Gasteiger partial charge is 0.481 e. The normalized spacial score (nSPS) is 13.9. The first kappa shape index (κ1) is 26.2. The first-order valence-electron chi connectivity index (χ1n) is 10.6. The van der Waals surface area contributed by atoms with Crippen molar-refractivity contribution >= 4 is 23.5 Å². The third-order valence-electron chi connectivity index (χ3n) is 5.72. The van der Waals surface area contributed by atoms with Gasteiger partial charge >= 0.3 is 12.5 Å². The van der Waals surface area contributed by atoms with Crippen LogP contribution in [0.2, 0.25) is 5.02 Å². The number of carboxylic acids is 1. The van der Waals surface area contributed by atoms with Gasteiger partial charge in [0, 0.05) is 29.4 Å². The fraction of sp³-hybridized carbons (Fsp3) is 0.292. The Hall–Kier alpha value is -3.37. The number of carboxylic acid groups (broad SMARTS) is 1. The molecule has 0 fully saturated rings. The van der Waals surface area contributed by atoms with Crippen LogP contribution in [0.15, 0.2) is 54.7 Å². The number of carbonyl (C=O) groups excluding carboxylic acids is 1. The summed E-state index contributed by atoms with van der Waals surface area (Å²) in [6.07, 6.45) is 1.16. The Morgan fingerprint density at radius 2 is 1.89 bits per heavy atom. The van der Waals surface area contributed by atoms with Crippen molar-refractivity contribution in [2.45, 2.75) is 32.4 Å². The van der Waals surface area contributed by atoms with Crippen molar-refractivity contribution < 1.29 is 27.9 Å². The smallest absolute Gasteiger partial charge is 0.333 e. The molecule has 7 nitrogen and oxygen atoms in total. The molecule has 0 radical (unpaired) electrons. The fourth-order valence-electron chi connectivity index (χ4n) is 3.63. The average molecular weight is 509 g/mol. The maximum Gasteiger partial charge on any atom is 0.333 e. The van der Waals surface area contributed by atoms with Crippen LogP contribution in [0.4, 0.5) is 13.2 Å². The van der Waals surface area contributed by atoms with Crippen LogP contribution in [-0.2, 0) is 11.2 Å². The molecule has 0 saturated heterocycles. The first-order chi connectivity index (χ1) is 16.5. The van der Waals surface area contributed by atoms with Gasteiger partial charge in [-0.3, -0.25) is 9.59 Å². The van der Waals surface area contributed by atoms with E-state index >= 15 is 0 Å². The van der Waals surface area contributed by atoms with Crippen LogP contribution >= 0.6 is 11.6 Å². The molecule has 0 spiro atoms. The maximum absolute atomic E-state index is 14.2. The molecule has 186 valence electrons. The number of rotatable bonds is 10. The zero-order valence-electron chi connectivity index (χ0n) is 18.7. The summed E-state index contributed by atoms with van der Waals surface area (Å²) in [5.41, 5.74) is 5.76. The molecule has 11 heteroatoms. The number of alkyl halides is 2. The zero-order chi connectivity index (χ0) is 25.8. The van der Waals surface area contributed by atoms with Crippen LogP contribution < -0.4 is 11.1 Å². The molecule has 3 rings (SSSR count). The van der Waals surface area contributed by atoms with E-state index in [2.05, 4.69) is 10.4 Å². The predicted molar refractivity (Wildman–Crippen MR) is 125 cm³/mol. The topological polar surface area (TPSA) is 110 Å². The Morgan fingerprint density at radius 3 is 2.46 bits per heavy atom. The number of aromatic nitrogens is 2. The number of carbonyl (C=O) groups is 2. The summed E-state index contributed by atoms with van der Waals surface area (Å²) in [5, 5.41) is 16.3.